The lowest BCUT2D eigenvalue weighted by Crippen LogP contribution is -2.26. The third-order valence-electron chi connectivity index (χ3n) is 2.83. The number of rotatable bonds is 11. The Balaban J connectivity index is 4.04. The fraction of sp³-hybridized carbons (Fsp3) is 0.923. The maximum atomic E-state index is 12.7. The van der Waals surface area contributed by atoms with Crippen molar-refractivity contribution in [3.05, 3.63) is 0 Å². The number of ether oxygens (including phenoxy) is 1. The molecule has 0 saturated heterocycles. The monoisotopic (exact) mass is 318 g/mol. The first kappa shape index (κ1) is 19.5. The van der Waals surface area contributed by atoms with E-state index in [0.717, 1.165) is 19.3 Å². The molecule has 2 nitrogen and oxygen atoms in total. The Morgan fingerprint density at radius 2 is 1.90 bits per heavy atom. The van der Waals surface area contributed by atoms with Gasteiger partial charge in [0.1, 0.15) is 5.25 Å². The maximum absolute atomic E-state index is 12.7. The van der Waals surface area contributed by atoms with E-state index >= 15 is 0 Å². The topological polar surface area (TPSA) is 26.3 Å². The summed E-state index contributed by atoms with van der Waals surface area (Å²) in [6, 6.07) is 0. The fourth-order valence-corrected chi connectivity index (χ4v) is 2.78. The van der Waals surface area contributed by atoms with Crippen LogP contribution in [0.2, 0.25) is 0 Å². The standard InChI is InChI=1S/C13H22F4O2S/c1-3-4-5-7-10(11(18)19-2)20-9-6-8-13(16,17)12(14)15/h10,12H,3-9H2,1-2H3. The van der Waals surface area contributed by atoms with E-state index < -0.39 is 24.0 Å². The van der Waals surface area contributed by atoms with E-state index in [9.17, 15) is 22.4 Å². The number of carbonyl (C=O) groups is 1. The molecule has 120 valence electrons. The van der Waals surface area contributed by atoms with Crippen LogP contribution < -0.4 is 0 Å². The van der Waals surface area contributed by atoms with Crippen molar-refractivity contribution in [3.8, 4) is 0 Å². The molecule has 0 heterocycles. The van der Waals surface area contributed by atoms with Gasteiger partial charge in [0, 0.05) is 6.42 Å². The fourth-order valence-electron chi connectivity index (χ4n) is 1.62. The predicted octanol–water partition coefficient (Wildman–Crippen LogP) is 4.52. The molecule has 0 bridgehead atoms. The van der Waals surface area contributed by atoms with Crippen molar-refractivity contribution in [2.24, 2.45) is 0 Å². The average Bonchev–Trinajstić information content (AvgIpc) is 2.40. The van der Waals surface area contributed by atoms with Gasteiger partial charge in [0.2, 0.25) is 0 Å². The average molecular weight is 318 g/mol. The largest absolute Gasteiger partial charge is 0.468 e. The molecule has 1 atom stereocenters. The Morgan fingerprint density at radius 3 is 2.40 bits per heavy atom. The van der Waals surface area contributed by atoms with E-state index in [4.69, 9.17) is 0 Å². The summed E-state index contributed by atoms with van der Waals surface area (Å²) in [6.45, 7) is 2.03. The van der Waals surface area contributed by atoms with Gasteiger partial charge < -0.3 is 4.74 Å². The number of alkyl halides is 4. The van der Waals surface area contributed by atoms with Crippen molar-refractivity contribution in [1.82, 2.24) is 0 Å². The van der Waals surface area contributed by atoms with Crippen molar-refractivity contribution < 1.29 is 27.1 Å². The Bertz CT molecular complexity index is 275. The van der Waals surface area contributed by atoms with Gasteiger partial charge in [0.15, 0.2) is 0 Å². The van der Waals surface area contributed by atoms with Gasteiger partial charge in [-0.3, -0.25) is 4.79 Å². The highest BCUT2D eigenvalue weighted by molar-refractivity contribution is 8.00. The molecule has 0 radical (unpaired) electrons. The molecule has 0 aromatic heterocycles. The number of halogens is 4. The summed E-state index contributed by atoms with van der Waals surface area (Å²) in [6.07, 6.45) is -1.07. The number of carbonyl (C=O) groups excluding carboxylic acids is 1. The molecular formula is C13H22F4O2S. The Morgan fingerprint density at radius 1 is 1.25 bits per heavy atom. The lowest BCUT2D eigenvalue weighted by Gasteiger charge is -2.16. The van der Waals surface area contributed by atoms with Crippen molar-refractivity contribution in [2.45, 2.75) is 63.0 Å². The number of hydrogen-bond acceptors (Lipinski definition) is 3. The highest BCUT2D eigenvalue weighted by atomic mass is 32.2. The second kappa shape index (κ2) is 10.3. The Hall–Kier alpha value is -0.460. The summed E-state index contributed by atoms with van der Waals surface area (Å²) in [5, 5.41) is -0.397. The smallest absolute Gasteiger partial charge is 0.318 e. The van der Waals surface area contributed by atoms with Crippen LogP contribution in [0.15, 0.2) is 0 Å². The number of esters is 1. The number of unbranched alkanes of at least 4 members (excludes halogenated alkanes) is 2. The lowest BCUT2D eigenvalue weighted by molar-refractivity contribution is -0.140. The molecule has 0 fully saturated rings. The molecule has 0 aliphatic rings. The maximum Gasteiger partial charge on any atom is 0.318 e. The van der Waals surface area contributed by atoms with Crippen LogP contribution in [-0.4, -0.2) is 36.4 Å². The summed E-state index contributed by atoms with van der Waals surface area (Å²) in [7, 11) is 1.28. The normalized spacial score (nSPS) is 13.6. The zero-order chi connectivity index (χ0) is 15.6. The highest BCUT2D eigenvalue weighted by Crippen LogP contribution is 2.29. The van der Waals surface area contributed by atoms with Crippen molar-refractivity contribution >= 4 is 17.7 Å². The number of thioether (sulfide) groups is 1. The van der Waals surface area contributed by atoms with Gasteiger partial charge in [-0.2, -0.15) is 0 Å². The van der Waals surface area contributed by atoms with Crippen LogP contribution in [0.1, 0.15) is 45.4 Å². The molecule has 0 spiro atoms. The van der Waals surface area contributed by atoms with Gasteiger partial charge in [0.25, 0.3) is 0 Å². The zero-order valence-corrected chi connectivity index (χ0v) is 12.7. The second-order valence-electron chi connectivity index (χ2n) is 4.54. The first-order valence-corrected chi connectivity index (χ1v) is 7.75. The number of hydrogen-bond donors (Lipinski definition) is 0. The van der Waals surface area contributed by atoms with Crippen LogP contribution in [-0.2, 0) is 9.53 Å². The summed E-state index contributed by atoms with van der Waals surface area (Å²) in [5.41, 5.74) is 0. The lowest BCUT2D eigenvalue weighted by atomic mass is 10.1. The van der Waals surface area contributed by atoms with Gasteiger partial charge in [-0.05, 0) is 18.6 Å². The Kier molecular flexibility index (Phi) is 10.1. The van der Waals surface area contributed by atoms with Crippen LogP contribution >= 0.6 is 11.8 Å². The van der Waals surface area contributed by atoms with Crippen molar-refractivity contribution in [2.75, 3.05) is 12.9 Å². The minimum absolute atomic E-state index is 0.0523. The van der Waals surface area contributed by atoms with E-state index in [-0.39, 0.29) is 18.1 Å². The molecule has 0 saturated carbocycles. The molecular weight excluding hydrogens is 296 g/mol. The van der Waals surface area contributed by atoms with Crippen molar-refractivity contribution in [1.29, 1.82) is 0 Å². The van der Waals surface area contributed by atoms with Gasteiger partial charge in [0.05, 0.1) is 7.11 Å². The first-order valence-electron chi connectivity index (χ1n) is 6.70. The van der Waals surface area contributed by atoms with Crippen molar-refractivity contribution in [3.63, 3.8) is 0 Å². The Labute approximate surface area is 121 Å². The second-order valence-corrected chi connectivity index (χ2v) is 5.85. The molecule has 0 aromatic carbocycles. The zero-order valence-electron chi connectivity index (χ0n) is 11.8. The molecule has 1 unspecified atom stereocenters. The molecule has 20 heavy (non-hydrogen) atoms. The van der Waals surface area contributed by atoms with Gasteiger partial charge >= 0.3 is 18.3 Å². The van der Waals surface area contributed by atoms with Crippen LogP contribution in [0.4, 0.5) is 17.6 Å². The summed E-state index contributed by atoms with van der Waals surface area (Å²) in [5.74, 6) is -4.08. The van der Waals surface area contributed by atoms with E-state index in [0.29, 0.717) is 6.42 Å². The molecule has 0 aliphatic heterocycles. The quantitative estimate of drug-likeness (QED) is 0.318. The van der Waals surface area contributed by atoms with Crippen LogP contribution in [0, 0.1) is 0 Å². The molecule has 0 rings (SSSR count). The highest BCUT2D eigenvalue weighted by Gasteiger charge is 2.39. The van der Waals surface area contributed by atoms with E-state index in [1.165, 1.54) is 18.9 Å². The summed E-state index contributed by atoms with van der Waals surface area (Å²) in [4.78, 5) is 11.5. The molecule has 0 aliphatic carbocycles. The van der Waals surface area contributed by atoms with E-state index in [2.05, 4.69) is 4.74 Å². The van der Waals surface area contributed by atoms with Gasteiger partial charge in [-0.15, -0.1) is 11.8 Å². The molecule has 7 heteroatoms. The molecule has 0 aromatic rings. The first-order chi connectivity index (χ1) is 9.35. The SMILES string of the molecule is CCCCCC(SCCCC(F)(F)C(F)F)C(=O)OC. The third kappa shape index (κ3) is 7.97. The van der Waals surface area contributed by atoms with Crippen LogP contribution in [0.3, 0.4) is 0 Å². The predicted molar refractivity (Wildman–Crippen MR) is 72.6 cm³/mol. The number of methoxy groups -OCH3 is 1. The van der Waals surface area contributed by atoms with Gasteiger partial charge in [-0.1, -0.05) is 26.2 Å². The molecule has 0 N–H and O–H groups in total. The van der Waals surface area contributed by atoms with Crippen LogP contribution in [0.5, 0.6) is 0 Å². The summed E-state index contributed by atoms with van der Waals surface area (Å²) < 4.78 is 53.9. The minimum atomic E-state index is -3.94. The van der Waals surface area contributed by atoms with E-state index in [1.54, 1.807) is 0 Å². The van der Waals surface area contributed by atoms with Gasteiger partial charge in [-0.25, -0.2) is 17.6 Å². The third-order valence-corrected chi connectivity index (χ3v) is 4.18. The molecule has 0 amide bonds. The van der Waals surface area contributed by atoms with E-state index in [1.807, 2.05) is 6.92 Å². The summed E-state index contributed by atoms with van der Waals surface area (Å²) >= 11 is 1.20. The minimum Gasteiger partial charge on any atom is -0.468 e. The van der Waals surface area contributed by atoms with Crippen LogP contribution in [0.25, 0.3) is 0 Å².